The highest BCUT2D eigenvalue weighted by Gasteiger charge is 2.47. The van der Waals surface area contributed by atoms with E-state index in [0.29, 0.717) is 0 Å². The third-order valence-corrected chi connectivity index (χ3v) is 9.17. The molecule has 1 aromatic heterocycles. The van der Waals surface area contributed by atoms with Gasteiger partial charge < -0.3 is 9.38 Å². The number of hydrogen-bond donors (Lipinski definition) is 0. The molecule has 6 aromatic rings. The quantitative estimate of drug-likeness (QED) is 0.213. The van der Waals surface area contributed by atoms with Crippen molar-refractivity contribution in [2.24, 2.45) is 0 Å². The van der Waals surface area contributed by atoms with Crippen LogP contribution in [0.4, 0.5) is 17.1 Å². The third kappa shape index (κ3) is 2.17. The fourth-order valence-electron chi connectivity index (χ4n) is 7.68. The number of benzene rings is 5. The van der Waals surface area contributed by atoms with Gasteiger partial charge in [0.2, 0.25) is 0 Å². The molecule has 5 aromatic carbocycles. The Morgan fingerprint density at radius 3 is 2.35 bits per heavy atom. The topological polar surface area (TPSA) is 8.17 Å². The van der Waals surface area contributed by atoms with Gasteiger partial charge in [0.1, 0.15) is 0 Å². The van der Waals surface area contributed by atoms with Crippen molar-refractivity contribution in [3.8, 4) is 11.1 Å². The maximum Gasteiger partial charge on any atom is 0.333 e. The predicted octanol–water partition coefficient (Wildman–Crippen LogP) is 7.16. The van der Waals surface area contributed by atoms with Gasteiger partial charge in [0, 0.05) is 44.2 Å². The molecule has 0 unspecified atom stereocenters. The van der Waals surface area contributed by atoms with E-state index in [1.165, 1.54) is 77.6 Å². The first-order chi connectivity index (χ1) is 18.1. The van der Waals surface area contributed by atoms with Crippen molar-refractivity contribution in [1.82, 2.24) is 4.48 Å². The zero-order valence-electron chi connectivity index (χ0n) is 21.2. The van der Waals surface area contributed by atoms with Gasteiger partial charge in [-0.15, -0.1) is 0 Å². The van der Waals surface area contributed by atoms with Gasteiger partial charge in [-0.1, -0.05) is 92.7 Å². The average molecular weight is 472 g/mol. The second-order valence-electron chi connectivity index (χ2n) is 11.5. The lowest BCUT2D eigenvalue weighted by molar-refractivity contribution is 0.632. The number of fused-ring (bicyclic) bond motifs is 9. The Morgan fingerprint density at radius 1 is 0.676 bits per heavy atom. The molecular weight excluding hydrogens is 447 g/mol. The normalized spacial score (nSPS) is 15.5. The lowest BCUT2D eigenvalue weighted by Gasteiger charge is -2.48. The molecule has 0 atom stereocenters. The van der Waals surface area contributed by atoms with E-state index < -0.39 is 0 Å². The molecule has 0 N–H and O–H groups in total. The van der Waals surface area contributed by atoms with Crippen molar-refractivity contribution >= 4 is 56.6 Å². The predicted molar refractivity (Wildman–Crippen MR) is 157 cm³/mol. The zero-order chi connectivity index (χ0) is 24.6. The van der Waals surface area contributed by atoms with E-state index in [1.807, 2.05) is 0 Å². The maximum atomic E-state index is 2.64. The van der Waals surface area contributed by atoms with Crippen LogP contribution in [0.1, 0.15) is 30.5 Å². The van der Waals surface area contributed by atoms with Gasteiger partial charge in [0.25, 0.3) is 0 Å². The van der Waals surface area contributed by atoms with Crippen LogP contribution >= 0.6 is 0 Å². The van der Waals surface area contributed by atoms with Crippen molar-refractivity contribution in [2.45, 2.75) is 26.2 Å². The zero-order valence-corrected chi connectivity index (χ0v) is 21.2. The molecule has 0 aliphatic carbocycles. The molecule has 0 saturated heterocycles. The Morgan fingerprint density at radius 2 is 1.43 bits per heavy atom. The molecule has 0 bridgehead atoms. The first-order valence-corrected chi connectivity index (χ1v) is 13.3. The summed E-state index contributed by atoms with van der Waals surface area (Å²) in [4.78, 5) is 2.57. The highest BCUT2D eigenvalue weighted by molar-refractivity contribution is 6.90. The lowest BCUT2D eigenvalue weighted by atomic mass is 9.44. The summed E-state index contributed by atoms with van der Waals surface area (Å²) < 4.78 is 2.64. The van der Waals surface area contributed by atoms with E-state index in [-0.39, 0.29) is 12.3 Å². The van der Waals surface area contributed by atoms with E-state index in [1.54, 1.807) is 0 Å². The van der Waals surface area contributed by atoms with Gasteiger partial charge in [-0.25, -0.2) is 0 Å². The second kappa shape index (κ2) is 6.36. The van der Waals surface area contributed by atoms with Crippen LogP contribution in [0.3, 0.4) is 0 Å². The van der Waals surface area contributed by atoms with Gasteiger partial charge >= 0.3 is 6.85 Å². The van der Waals surface area contributed by atoms with Gasteiger partial charge in [-0.3, -0.25) is 0 Å². The highest BCUT2D eigenvalue weighted by Crippen LogP contribution is 2.53. The van der Waals surface area contributed by atoms with Gasteiger partial charge in [-0.05, 0) is 58.3 Å². The molecule has 174 valence electrons. The number of hydrogen-bond acceptors (Lipinski definition) is 1. The largest absolute Gasteiger partial charge is 0.375 e. The van der Waals surface area contributed by atoms with Crippen molar-refractivity contribution in [2.75, 3.05) is 4.90 Å². The summed E-state index contributed by atoms with van der Waals surface area (Å²) in [5.74, 6) is 0. The Labute approximate surface area is 216 Å². The van der Waals surface area contributed by atoms with E-state index >= 15 is 0 Å². The molecule has 3 aliphatic rings. The number of aryl methyl sites for hydroxylation is 1. The third-order valence-electron chi connectivity index (χ3n) is 9.17. The molecule has 37 heavy (non-hydrogen) atoms. The summed E-state index contributed by atoms with van der Waals surface area (Å²) in [5, 5.41) is 2.68. The van der Waals surface area contributed by atoms with Crippen LogP contribution in [0, 0.1) is 6.92 Å². The van der Waals surface area contributed by atoms with E-state index in [4.69, 9.17) is 0 Å². The van der Waals surface area contributed by atoms with Crippen molar-refractivity contribution in [1.29, 1.82) is 0 Å². The number of nitrogens with zero attached hydrogens (tertiary/aromatic N) is 2. The Balaban J connectivity index is 1.53. The van der Waals surface area contributed by atoms with Crippen LogP contribution in [0.25, 0.3) is 32.9 Å². The van der Waals surface area contributed by atoms with Crippen LogP contribution in [-0.4, -0.2) is 11.3 Å². The molecule has 0 fully saturated rings. The van der Waals surface area contributed by atoms with Crippen LogP contribution in [0.15, 0.2) is 97.1 Å². The Bertz CT molecular complexity index is 1990. The lowest BCUT2D eigenvalue weighted by Crippen LogP contribution is -2.58. The molecule has 0 amide bonds. The molecule has 0 saturated carbocycles. The minimum absolute atomic E-state index is 0.0801. The summed E-state index contributed by atoms with van der Waals surface area (Å²) in [6, 6.07) is 36.6. The van der Waals surface area contributed by atoms with Crippen LogP contribution in [0.5, 0.6) is 0 Å². The molecule has 3 aliphatic heterocycles. The number of para-hydroxylation sites is 4. The monoisotopic (exact) mass is 472 g/mol. The molecular formula is C34H25BN2. The second-order valence-corrected chi connectivity index (χ2v) is 11.5. The molecule has 0 radical (unpaired) electrons. The van der Waals surface area contributed by atoms with Crippen LogP contribution in [0.2, 0.25) is 0 Å². The number of rotatable bonds is 0. The first kappa shape index (κ1) is 19.9. The van der Waals surface area contributed by atoms with Crippen molar-refractivity contribution < 1.29 is 0 Å². The number of anilines is 3. The molecule has 2 nitrogen and oxygen atoms in total. The maximum absolute atomic E-state index is 2.64. The van der Waals surface area contributed by atoms with Crippen molar-refractivity contribution in [3.63, 3.8) is 0 Å². The minimum atomic E-state index is -0.0801. The summed E-state index contributed by atoms with van der Waals surface area (Å²) in [6.07, 6.45) is 0. The Kier molecular flexibility index (Phi) is 3.42. The molecule has 4 heterocycles. The fraction of sp³-hybridized carbons (Fsp3) is 0.118. The average Bonchev–Trinajstić information content (AvgIpc) is 3.25. The molecule has 9 rings (SSSR count). The summed E-state index contributed by atoms with van der Waals surface area (Å²) in [6.45, 7) is 7.15. The summed E-state index contributed by atoms with van der Waals surface area (Å²) in [5.41, 5.74) is 16.2. The minimum Gasteiger partial charge on any atom is -0.375 e. The Hall–Kier alpha value is -4.24. The highest BCUT2D eigenvalue weighted by atomic mass is 15.2. The van der Waals surface area contributed by atoms with E-state index in [0.717, 1.165) is 0 Å². The summed E-state index contributed by atoms with van der Waals surface area (Å²) in [7, 11) is 0. The van der Waals surface area contributed by atoms with Crippen LogP contribution in [-0.2, 0) is 5.41 Å². The standard InChI is InChI=1S/C34H25BN2/c1-20-18-24-23-12-8-11-22-21-10-4-6-16-28(21)37(32(22)23)35-27-15-9-14-26-33(27)36(30(19-20)31(24)35)29-17-7-5-13-25(29)34(26,2)3/h4-19H,1-3H3. The SMILES string of the molecule is Cc1cc2c3c(c1)N1c4ccccc4C(C)(C)c4cccc(c41)B3n1c3ccccc3c3cccc-2c31. The number of aromatic nitrogens is 1. The van der Waals surface area contributed by atoms with Crippen molar-refractivity contribution in [3.05, 3.63) is 114 Å². The van der Waals surface area contributed by atoms with Gasteiger partial charge in [0.15, 0.2) is 0 Å². The van der Waals surface area contributed by atoms with E-state index in [2.05, 4.69) is 127 Å². The summed E-state index contributed by atoms with van der Waals surface area (Å²) >= 11 is 0. The molecule has 0 spiro atoms. The van der Waals surface area contributed by atoms with Gasteiger partial charge in [0.05, 0.1) is 5.69 Å². The fourth-order valence-corrected chi connectivity index (χ4v) is 7.68. The van der Waals surface area contributed by atoms with Crippen LogP contribution < -0.4 is 15.8 Å². The first-order valence-electron chi connectivity index (χ1n) is 13.3. The molecule has 3 heteroatoms. The smallest absolute Gasteiger partial charge is 0.333 e. The van der Waals surface area contributed by atoms with E-state index in [9.17, 15) is 0 Å². The van der Waals surface area contributed by atoms with Gasteiger partial charge in [-0.2, -0.15) is 0 Å².